The van der Waals surface area contributed by atoms with Crippen LogP contribution in [0.5, 0.6) is 0 Å². The van der Waals surface area contributed by atoms with Crippen LogP contribution in [0, 0.1) is 0 Å². The van der Waals surface area contributed by atoms with E-state index in [2.05, 4.69) is 35.0 Å². The number of ether oxygens (including phenoxy) is 1. The SMILES string of the molecule is CCc1ccc(C=CC(=O)OCBr)cc1. The smallest absolute Gasteiger partial charge is 0.331 e. The van der Waals surface area contributed by atoms with E-state index in [1.165, 1.54) is 11.6 Å². The van der Waals surface area contributed by atoms with Crippen LogP contribution in [-0.4, -0.2) is 11.5 Å². The second-order valence-electron chi connectivity index (χ2n) is 3.00. The molecular weight excluding hydrogens is 256 g/mol. The number of carbonyl (C=O) groups excluding carboxylic acids is 1. The molecule has 0 radical (unpaired) electrons. The number of carbonyl (C=O) groups is 1. The second-order valence-corrected chi connectivity index (χ2v) is 3.46. The molecule has 0 amide bonds. The first-order valence-corrected chi connectivity index (χ1v) is 5.88. The largest absolute Gasteiger partial charge is 0.451 e. The average Bonchev–Trinajstić information content (AvgIpc) is 2.27. The summed E-state index contributed by atoms with van der Waals surface area (Å²) in [6.07, 6.45) is 4.18. The molecule has 1 aromatic rings. The van der Waals surface area contributed by atoms with Crippen molar-refractivity contribution in [2.24, 2.45) is 0 Å². The molecule has 0 heterocycles. The molecule has 1 rings (SSSR count). The van der Waals surface area contributed by atoms with E-state index < -0.39 is 0 Å². The van der Waals surface area contributed by atoms with Gasteiger partial charge in [-0.25, -0.2) is 4.79 Å². The van der Waals surface area contributed by atoms with Gasteiger partial charge >= 0.3 is 5.97 Å². The molecule has 2 nitrogen and oxygen atoms in total. The molecule has 0 saturated heterocycles. The van der Waals surface area contributed by atoms with Gasteiger partial charge in [0.2, 0.25) is 0 Å². The first-order valence-electron chi connectivity index (χ1n) is 4.76. The quantitative estimate of drug-likeness (QED) is 0.477. The van der Waals surface area contributed by atoms with Crippen LogP contribution in [0.1, 0.15) is 18.1 Å². The van der Waals surface area contributed by atoms with Gasteiger partial charge in [0, 0.05) is 6.08 Å². The minimum Gasteiger partial charge on any atom is -0.451 e. The predicted molar refractivity (Wildman–Crippen MR) is 64.7 cm³/mol. The van der Waals surface area contributed by atoms with Crippen LogP contribution >= 0.6 is 15.9 Å². The highest BCUT2D eigenvalue weighted by atomic mass is 79.9. The van der Waals surface area contributed by atoms with Crippen molar-refractivity contribution >= 4 is 28.0 Å². The lowest BCUT2D eigenvalue weighted by Crippen LogP contribution is -1.96. The molecule has 0 aliphatic rings. The van der Waals surface area contributed by atoms with Crippen molar-refractivity contribution in [2.75, 3.05) is 5.52 Å². The maximum atomic E-state index is 11.0. The van der Waals surface area contributed by atoms with Gasteiger partial charge in [0.05, 0.1) is 0 Å². The molecule has 0 unspecified atom stereocenters. The molecular formula is C12H13BrO2. The van der Waals surface area contributed by atoms with Gasteiger partial charge in [-0.15, -0.1) is 0 Å². The summed E-state index contributed by atoms with van der Waals surface area (Å²) in [6.45, 7) is 2.11. The molecule has 0 spiro atoms. The van der Waals surface area contributed by atoms with Crippen LogP contribution in [0.2, 0.25) is 0 Å². The number of halogens is 1. The maximum absolute atomic E-state index is 11.0. The van der Waals surface area contributed by atoms with Gasteiger partial charge in [-0.3, -0.25) is 0 Å². The second kappa shape index (κ2) is 6.40. The van der Waals surface area contributed by atoms with Crippen LogP contribution < -0.4 is 0 Å². The van der Waals surface area contributed by atoms with Crippen molar-refractivity contribution in [3.05, 3.63) is 41.5 Å². The fraction of sp³-hybridized carbons (Fsp3) is 0.250. The Morgan fingerprint density at radius 1 is 1.40 bits per heavy atom. The van der Waals surface area contributed by atoms with E-state index in [1.807, 2.05) is 12.1 Å². The number of hydrogen-bond donors (Lipinski definition) is 0. The minimum absolute atomic E-state index is 0.227. The molecule has 0 N–H and O–H groups in total. The number of rotatable bonds is 4. The summed E-state index contributed by atoms with van der Waals surface area (Å²) in [4.78, 5) is 11.0. The highest BCUT2D eigenvalue weighted by Crippen LogP contribution is 2.06. The van der Waals surface area contributed by atoms with Crippen molar-refractivity contribution in [1.82, 2.24) is 0 Å². The predicted octanol–water partition coefficient (Wildman–Crippen LogP) is 3.16. The molecule has 0 atom stereocenters. The van der Waals surface area contributed by atoms with Crippen molar-refractivity contribution in [1.29, 1.82) is 0 Å². The summed E-state index contributed by atoms with van der Waals surface area (Å²) in [5.74, 6) is -0.341. The molecule has 0 aliphatic heterocycles. The Morgan fingerprint density at radius 3 is 2.60 bits per heavy atom. The summed E-state index contributed by atoms with van der Waals surface area (Å²) >= 11 is 3.02. The van der Waals surface area contributed by atoms with Crippen molar-refractivity contribution in [2.45, 2.75) is 13.3 Å². The lowest BCUT2D eigenvalue weighted by Gasteiger charge is -1.97. The minimum atomic E-state index is -0.341. The topological polar surface area (TPSA) is 26.3 Å². The highest BCUT2D eigenvalue weighted by Gasteiger charge is 1.94. The van der Waals surface area contributed by atoms with E-state index in [-0.39, 0.29) is 11.5 Å². The molecule has 1 aromatic carbocycles. The number of hydrogen-bond acceptors (Lipinski definition) is 2. The Bertz CT molecular complexity index is 341. The van der Waals surface area contributed by atoms with Crippen LogP contribution in [0.15, 0.2) is 30.3 Å². The maximum Gasteiger partial charge on any atom is 0.331 e. The summed E-state index contributed by atoms with van der Waals surface area (Å²) < 4.78 is 4.70. The third-order valence-corrected chi connectivity index (χ3v) is 2.23. The van der Waals surface area contributed by atoms with E-state index in [0.29, 0.717) is 0 Å². The number of benzene rings is 1. The van der Waals surface area contributed by atoms with Gasteiger partial charge in [0.1, 0.15) is 5.52 Å². The molecule has 0 saturated carbocycles. The summed E-state index contributed by atoms with van der Waals surface area (Å²) in [7, 11) is 0. The molecule has 0 aromatic heterocycles. The molecule has 3 heteroatoms. The van der Waals surface area contributed by atoms with E-state index in [1.54, 1.807) is 6.08 Å². The summed E-state index contributed by atoms with van der Waals surface area (Å²) in [6, 6.07) is 8.07. The standard InChI is InChI=1S/C12H13BrO2/c1-2-10-3-5-11(6-4-10)7-8-12(14)15-9-13/h3-8H,2,9H2,1H3. The Morgan fingerprint density at radius 2 is 2.07 bits per heavy atom. The Balaban J connectivity index is 2.60. The normalized spacial score (nSPS) is 10.5. The molecule has 0 aliphatic carbocycles. The molecule has 0 bridgehead atoms. The third-order valence-electron chi connectivity index (χ3n) is 2.00. The molecule has 0 fully saturated rings. The van der Waals surface area contributed by atoms with Crippen LogP contribution in [0.4, 0.5) is 0 Å². The molecule has 80 valence electrons. The first-order chi connectivity index (χ1) is 7.26. The highest BCUT2D eigenvalue weighted by molar-refractivity contribution is 9.09. The van der Waals surface area contributed by atoms with Gasteiger partial charge < -0.3 is 4.74 Å². The lowest BCUT2D eigenvalue weighted by molar-refractivity contribution is -0.135. The average molecular weight is 269 g/mol. The number of aryl methyl sites for hydroxylation is 1. The van der Waals surface area contributed by atoms with Crippen molar-refractivity contribution in [3.8, 4) is 0 Å². The van der Waals surface area contributed by atoms with Crippen molar-refractivity contribution in [3.63, 3.8) is 0 Å². The summed E-state index contributed by atoms with van der Waals surface area (Å²) in [5, 5.41) is 0. The van der Waals surface area contributed by atoms with Crippen molar-refractivity contribution < 1.29 is 9.53 Å². The van der Waals surface area contributed by atoms with Gasteiger partial charge in [-0.1, -0.05) is 31.2 Å². The van der Waals surface area contributed by atoms with E-state index in [9.17, 15) is 4.79 Å². The molecule has 15 heavy (non-hydrogen) atoms. The Hall–Kier alpha value is -1.09. The van der Waals surface area contributed by atoms with Crippen LogP contribution in [0.25, 0.3) is 6.08 Å². The van der Waals surface area contributed by atoms with Gasteiger partial charge in [-0.2, -0.15) is 0 Å². The number of alkyl halides is 1. The fourth-order valence-electron chi connectivity index (χ4n) is 1.13. The van der Waals surface area contributed by atoms with E-state index >= 15 is 0 Å². The Kier molecular flexibility index (Phi) is 5.12. The number of esters is 1. The van der Waals surface area contributed by atoms with Gasteiger partial charge in [0.15, 0.2) is 0 Å². The summed E-state index contributed by atoms with van der Waals surface area (Å²) in [5.41, 5.74) is 2.51. The van der Waals surface area contributed by atoms with Gasteiger partial charge in [0.25, 0.3) is 0 Å². The zero-order valence-electron chi connectivity index (χ0n) is 8.57. The third kappa shape index (κ3) is 4.30. The zero-order valence-corrected chi connectivity index (χ0v) is 10.2. The van der Waals surface area contributed by atoms with E-state index in [0.717, 1.165) is 12.0 Å². The fourth-order valence-corrected chi connectivity index (χ4v) is 1.36. The van der Waals surface area contributed by atoms with E-state index in [4.69, 9.17) is 4.74 Å². The van der Waals surface area contributed by atoms with Gasteiger partial charge in [-0.05, 0) is 39.6 Å². The lowest BCUT2D eigenvalue weighted by atomic mass is 10.1. The van der Waals surface area contributed by atoms with Crippen LogP contribution in [0.3, 0.4) is 0 Å². The Labute approximate surface area is 98.1 Å². The monoisotopic (exact) mass is 268 g/mol. The first kappa shape index (κ1) is 12.0. The zero-order chi connectivity index (χ0) is 11.1. The van der Waals surface area contributed by atoms with Crippen LogP contribution in [-0.2, 0) is 16.0 Å².